The summed E-state index contributed by atoms with van der Waals surface area (Å²) in [5.74, 6) is 0. The smallest absolute Gasteiger partial charge is 0.0743 e. The van der Waals surface area contributed by atoms with Crippen LogP contribution in [0.4, 0.5) is 0 Å². The number of thiophene rings is 1. The van der Waals surface area contributed by atoms with E-state index >= 15 is 0 Å². The zero-order valence-electron chi connectivity index (χ0n) is 13.9. The Hall–Kier alpha value is -0.460. The van der Waals surface area contributed by atoms with Crippen molar-refractivity contribution < 1.29 is 4.74 Å². The van der Waals surface area contributed by atoms with Crippen molar-refractivity contribution in [1.82, 2.24) is 14.7 Å². The van der Waals surface area contributed by atoms with Crippen molar-refractivity contribution in [3.63, 3.8) is 0 Å². The van der Waals surface area contributed by atoms with Gasteiger partial charge < -0.3 is 9.64 Å². The molecule has 2 saturated heterocycles. The van der Waals surface area contributed by atoms with Crippen molar-refractivity contribution in [3.8, 4) is 0 Å². The number of ether oxygens (including phenoxy) is 1. The molecule has 0 radical (unpaired) electrons. The summed E-state index contributed by atoms with van der Waals surface area (Å²) in [7, 11) is 4.32. The Kier molecular flexibility index (Phi) is 5.88. The molecule has 0 amide bonds. The molecule has 0 aliphatic carbocycles. The summed E-state index contributed by atoms with van der Waals surface area (Å²) in [4.78, 5) is 9.04. The summed E-state index contributed by atoms with van der Waals surface area (Å²) in [6.45, 7) is 7.78. The van der Waals surface area contributed by atoms with Gasteiger partial charge in [-0.1, -0.05) is 6.07 Å². The van der Waals surface area contributed by atoms with E-state index in [1.807, 2.05) is 11.3 Å². The average Bonchev–Trinajstić information content (AvgIpc) is 2.92. The second-order valence-corrected chi connectivity index (χ2v) is 7.78. The van der Waals surface area contributed by atoms with Crippen LogP contribution >= 0.6 is 11.3 Å². The standard InChI is InChI=1S/C17H29N3OS/c1-18(2)9-10-20-11-12-21-17-6-8-19(7-5-16(17)20)14-15-4-3-13-22-15/h3-4,13,16-17H,5-12,14H2,1-2H3/t16-,17+/m1/s1. The van der Waals surface area contributed by atoms with Gasteiger partial charge in [0.05, 0.1) is 12.7 Å². The molecule has 5 heteroatoms. The fraction of sp³-hybridized carbons (Fsp3) is 0.765. The van der Waals surface area contributed by atoms with E-state index in [1.54, 1.807) is 0 Å². The van der Waals surface area contributed by atoms with Crippen LogP contribution in [0.1, 0.15) is 17.7 Å². The average molecular weight is 324 g/mol. The predicted molar refractivity (Wildman–Crippen MR) is 92.5 cm³/mol. The minimum absolute atomic E-state index is 0.434. The maximum absolute atomic E-state index is 6.10. The topological polar surface area (TPSA) is 19.0 Å². The number of hydrogen-bond acceptors (Lipinski definition) is 5. The van der Waals surface area contributed by atoms with Gasteiger partial charge in [-0.25, -0.2) is 0 Å². The molecule has 2 aliphatic heterocycles. The Morgan fingerprint density at radius 1 is 1.27 bits per heavy atom. The van der Waals surface area contributed by atoms with Crippen LogP contribution in [0.2, 0.25) is 0 Å². The van der Waals surface area contributed by atoms with Gasteiger partial charge in [0.1, 0.15) is 0 Å². The van der Waals surface area contributed by atoms with E-state index in [1.165, 1.54) is 37.4 Å². The summed E-state index contributed by atoms with van der Waals surface area (Å²) in [5, 5.41) is 2.18. The van der Waals surface area contributed by atoms with Crippen LogP contribution in [0, 0.1) is 0 Å². The van der Waals surface area contributed by atoms with Crippen LogP contribution in [0.15, 0.2) is 17.5 Å². The molecule has 0 unspecified atom stereocenters. The van der Waals surface area contributed by atoms with E-state index in [-0.39, 0.29) is 0 Å². The van der Waals surface area contributed by atoms with Gasteiger partial charge in [-0.3, -0.25) is 9.80 Å². The highest BCUT2D eigenvalue weighted by atomic mass is 32.1. The third-order valence-electron chi connectivity index (χ3n) is 4.87. The molecule has 3 heterocycles. The van der Waals surface area contributed by atoms with Gasteiger partial charge in [0.25, 0.3) is 0 Å². The summed E-state index contributed by atoms with van der Waals surface area (Å²) >= 11 is 1.87. The molecule has 2 fully saturated rings. The molecule has 0 N–H and O–H groups in total. The molecule has 22 heavy (non-hydrogen) atoms. The minimum atomic E-state index is 0.434. The molecule has 124 valence electrons. The molecule has 2 aliphatic rings. The highest BCUT2D eigenvalue weighted by Gasteiger charge is 2.34. The first-order chi connectivity index (χ1) is 10.7. The second-order valence-electron chi connectivity index (χ2n) is 6.75. The molecular formula is C17H29N3OS. The third-order valence-corrected chi connectivity index (χ3v) is 5.73. The number of likely N-dealkylation sites (N-methyl/N-ethyl adjacent to an activating group) is 1. The van der Waals surface area contributed by atoms with Gasteiger partial charge in [0.2, 0.25) is 0 Å². The Morgan fingerprint density at radius 2 is 2.14 bits per heavy atom. The quantitative estimate of drug-likeness (QED) is 0.825. The lowest BCUT2D eigenvalue weighted by Gasteiger charge is -2.40. The molecule has 0 aromatic carbocycles. The zero-order valence-corrected chi connectivity index (χ0v) is 14.7. The Labute approximate surface area is 138 Å². The van der Waals surface area contributed by atoms with Crippen LogP contribution in [0.5, 0.6) is 0 Å². The number of morpholine rings is 1. The number of hydrogen-bond donors (Lipinski definition) is 0. The van der Waals surface area contributed by atoms with E-state index in [2.05, 4.69) is 46.3 Å². The van der Waals surface area contributed by atoms with Crippen molar-refractivity contribution in [2.45, 2.75) is 31.5 Å². The molecule has 1 aromatic rings. The first-order valence-electron chi connectivity index (χ1n) is 8.47. The summed E-state index contributed by atoms with van der Waals surface area (Å²) in [6, 6.07) is 5.02. The third kappa shape index (κ3) is 4.30. The summed E-state index contributed by atoms with van der Waals surface area (Å²) in [6.07, 6.45) is 2.85. The fourth-order valence-corrected chi connectivity index (χ4v) is 4.35. The Balaban J connectivity index is 1.56. The number of nitrogens with zero attached hydrogens (tertiary/aromatic N) is 3. The van der Waals surface area contributed by atoms with Crippen LogP contribution in [0.25, 0.3) is 0 Å². The summed E-state index contributed by atoms with van der Waals surface area (Å²) < 4.78 is 6.10. The Morgan fingerprint density at radius 3 is 2.91 bits per heavy atom. The van der Waals surface area contributed by atoms with Crippen molar-refractivity contribution >= 4 is 11.3 Å². The predicted octanol–water partition coefficient (Wildman–Crippen LogP) is 1.97. The molecule has 2 atom stereocenters. The van der Waals surface area contributed by atoms with E-state index in [9.17, 15) is 0 Å². The fourth-order valence-electron chi connectivity index (χ4n) is 3.60. The van der Waals surface area contributed by atoms with E-state index in [0.717, 1.165) is 26.2 Å². The van der Waals surface area contributed by atoms with Gasteiger partial charge in [-0.2, -0.15) is 0 Å². The number of fused-ring (bicyclic) bond motifs is 1. The van der Waals surface area contributed by atoms with Gasteiger partial charge in [0, 0.05) is 50.2 Å². The molecule has 4 nitrogen and oxygen atoms in total. The monoisotopic (exact) mass is 323 g/mol. The normalized spacial score (nSPS) is 27.8. The van der Waals surface area contributed by atoms with Crippen molar-refractivity contribution in [1.29, 1.82) is 0 Å². The van der Waals surface area contributed by atoms with Crippen LogP contribution < -0.4 is 0 Å². The van der Waals surface area contributed by atoms with Gasteiger partial charge in [-0.05, 0) is 38.4 Å². The van der Waals surface area contributed by atoms with E-state index < -0.39 is 0 Å². The highest BCUT2D eigenvalue weighted by molar-refractivity contribution is 7.09. The Bertz CT molecular complexity index is 437. The molecule has 0 saturated carbocycles. The molecule has 0 spiro atoms. The number of likely N-dealkylation sites (tertiary alicyclic amines) is 1. The first-order valence-corrected chi connectivity index (χ1v) is 9.35. The van der Waals surface area contributed by atoms with Crippen molar-refractivity contribution in [3.05, 3.63) is 22.4 Å². The maximum atomic E-state index is 6.10. The van der Waals surface area contributed by atoms with E-state index in [0.29, 0.717) is 12.1 Å². The van der Waals surface area contributed by atoms with Gasteiger partial charge >= 0.3 is 0 Å². The SMILES string of the molecule is CN(C)CCN1CCO[C@H]2CCN(Cc3cccs3)CC[C@H]21. The van der Waals surface area contributed by atoms with Crippen LogP contribution in [0.3, 0.4) is 0 Å². The summed E-state index contributed by atoms with van der Waals surface area (Å²) in [5.41, 5.74) is 0. The lowest BCUT2D eigenvalue weighted by Crippen LogP contribution is -2.52. The largest absolute Gasteiger partial charge is 0.375 e. The van der Waals surface area contributed by atoms with Gasteiger partial charge in [-0.15, -0.1) is 11.3 Å². The molecule has 3 rings (SSSR count). The molecule has 0 bridgehead atoms. The van der Waals surface area contributed by atoms with Crippen LogP contribution in [-0.2, 0) is 11.3 Å². The highest BCUT2D eigenvalue weighted by Crippen LogP contribution is 2.25. The lowest BCUT2D eigenvalue weighted by molar-refractivity contribution is -0.0724. The molecular weight excluding hydrogens is 294 g/mol. The minimum Gasteiger partial charge on any atom is -0.375 e. The van der Waals surface area contributed by atoms with Crippen LogP contribution in [-0.4, -0.2) is 80.3 Å². The zero-order chi connectivity index (χ0) is 15.4. The van der Waals surface area contributed by atoms with Crippen molar-refractivity contribution in [2.75, 3.05) is 53.4 Å². The van der Waals surface area contributed by atoms with E-state index in [4.69, 9.17) is 4.74 Å². The maximum Gasteiger partial charge on any atom is 0.0743 e. The van der Waals surface area contributed by atoms with Gasteiger partial charge in [0.15, 0.2) is 0 Å². The second kappa shape index (κ2) is 7.88. The molecule has 1 aromatic heterocycles. The van der Waals surface area contributed by atoms with Crippen molar-refractivity contribution in [2.24, 2.45) is 0 Å². The lowest BCUT2D eigenvalue weighted by atomic mass is 10.0. The number of rotatable bonds is 5. The first kappa shape index (κ1) is 16.4.